The van der Waals surface area contributed by atoms with E-state index in [0.717, 1.165) is 12.8 Å². The Labute approximate surface area is 92.0 Å². The van der Waals surface area contributed by atoms with Gasteiger partial charge in [-0.1, -0.05) is 13.3 Å². The van der Waals surface area contributed by atoms with Crippen LogP contribution in [0.1, 0.15) is 40.5 Å². The maximum absolute atomic E-state index is 11.5. The Hall–Kier alpha value is -1.06. The van der Waals surface area contributed by atoms with Gasteiger partial charge in [0, 0.05) is 19.1 Å². The lowest BCUT2D eigenvalue weighted by Gasteiger charge is -2.22. The van der Waals surface area contributed by atoms with Gasteiger partial charge in [0.25, 0.3) is 0 Å². The summed E-state index contributed by atoms with van der Waals surface area (Å²) in [5.41, 5.74) is -0.363. The van der Waals surface area contributed by atoms with Crippen LogP contribution in [-0.2, 0) is 9.59 Å². The Kier molecular flexibility index (Phi) is 5.33. The van der Waals surface area contributed by atoms with Gasteiger partial charge in [-0.15, -0.1) is 0 Å². The molecule has 15 heavy (non-hydrogen) atoms. The number of carbonyl (C=O) groups excluding carboxylic acids is 2. The van der Waals surface area contributed by atoms with Crippen molar-refractivity contribution in [2.75, 3.05) is 13.6 Å². The highest BCUT2D eigenvalue weighted by atomic mass is 16.2. The molecule has 0 spiro atoms. The maximum Gasteiger partial charge on any atom is 0.311 e. The zero-order valence-corrected chi connectivity index (χ0v) is 10.4. The van der Waals surface area contributed by atoms with E-state index in [4.69, 9.17) is 0 Å². The van der Waals surface area contributed by atoms with Gasteiger partial charge in [0.15, 0.2) is 0 Å². The van der Waals surface area contributed by atoms with Crippen LogP contribution in [0.15, 0.2) is 0 Å². The Morgan fingerprint density at radius 3 is 2.20 bits per heavy atom. The molecule has 88 valence electrons. The molecular weight excluding hydrogens is 192 g/mol. The van der Waals surface area contributed by atoms with E-state index >= 15 is 0 Å². The van der Waals surface area contributed by atoms with E-state index in [-0.39, 0.29) is 5.54 Å². The average Bonchev–Trinajstić information content (AvgIpc) is 2.10. The van der Waals surface area contributed by atoms with E-state index in [1.165, 1.54) is 4.90 Å². The second-order valence-corrected chi connectivity index (χ2v) is 4.78. The highest BCUT2D eigenvalue weighted by Crippen LogP contribution is 1.99. The van der Waals surface area contributed by atoms with E-state index in [9.17, 15) is 9.59 Å². The standard InChI is InChI=1S/C11H22N2O2/c1-6-7-8-13(5)10(15)9(14)12-11(2,3)4/h6-8H2,1-5H3,(H,12,14). The third-order valence-electron chi connectivity index (χ3n) is 1.88. The van der Waals surface area contributed by atoms with Gasteiger partial charge in [-0.25, -0.2) is 0 Å². The Morgan fingerprint density at radius 1 is 1.27 bits per heavy atom. The summed E-state index contributed by atoms with van der Waals surface area (Å²) in [6.45, 7) is 8.24. The van der Waals surface area contributed by atoms with Gasteiger partial charge in [0.05, 0.1) is 0 Å². The Balaban J connectivity index is 4.14. The van der Waals surface area contributed by atoms with Gasteiger partial charge in [0.2, 0.25) is 0 Å². The number of carbonyl (C=O) groups is 2. The molecule has 0 atom stereocenters. The molecule has 0 saturated carbocycles. The highest BCUT2D eigenvalue weighted by molar-refractivity contribution is 6.35. The molecule has 0 aromatic rings. The van der Waals surface area contributed by atoms with Crippen molar-refractivity contribution in [1.82, 2.24) is 10.2 Å². The van der Waals surface area contributed by atoms with Crippen LogP contribution >= 0.6 is 0 Å². The molecular formula is C11H22N2O2. The predicted molar refractivity (Wildman–Crippen MR) is 60.4 cm³/mol. The number of likely N-dealkylation sites (N-methyl/N-ethyl adjacent to an activating group) is 1. The molecule has 0 unspecified atom stereocenters. The molecule has 0 fully saturated rings. The molecule has 0 aromatic heterocycles. The highest BCUT2D eigenvalue weighted by Gasteiger charge is 2.22. The molecule has 0 saturated heterocycles. The Morgan fingerprint density at radius 2 is 1.80 bits per heavy atom. The smallest absolute Gasteiger partial charge is 0.311 e. The number of amides is 2. The zero-order valence-electron chi connectivity index (χ0n) is 10.4. The first-order valence-corrected chi connectivity index (χ1v) is 5.35. The number of nitrogens with zero attached hydrogens (tertiary/aromatic N) is 1. The maximum atomic E-state index is 11.5. The van der Waals surface area contributed by atoms with Crippen LogP contribution in [0.4, 0.5) is 0 Å². The summed E-state index contributed by atoms with van der Waals surface area (Å²) >= 11 is 0. The van der Waals surface area contributed by atoms with Crippen molar-refractivity contribution in [3.05, 3.63) is 0 Å². The summed E-state index contributed by atoms with van der Waals surface area (Å²) in [6, 6.07) is 0. The quantitative estimate of drug-likeness (QED) is 0.717. The van der Waals surface area contributed by atoms with Crippen molar-refractivity contribution < 1.29 is 9.59 Å². The molecule has 0 aromatic carbocycles. The minimum atomic E-state index is -0.527. The van der Waals surface area contributed by atoms with E-state index in [2.05, 4.69) is 5.32 Å². The van der Waals surface area contributed by atoms with Gasteiger partial charge < -0.3 is 10.2 Å². The molecule has 0 heterocycles. The van der Waals surface area contributed by atoms with Crippen molar-refractivity contribution >= 4 is 11.8 Å². The molecule has 4 heteroatoms. The monoisotopic (exact) mass is 214 g/mol. The zero-order chi connectivity index (χ0) is 12.1. The van der Waals surface area contributed by atoms with E-state index in [1.54, 1.807) is 7.05 Å². The number of rotatable bonds is 3. The minimum absolute atomic E-state index is 0.363. The first-order valence-electron chi connectivity index (χ1n) is 5.35. The van der Waals surface area contributed by atoms with Crippen LogP contribution < -0.4 is 5.32 Å². The minimum Gasteiger partial charge on any atom is -0.343 e. The van der Waals surface area contributed by atoms with Crippen molar-refractivity contribution in [3.8, 4) is 0 Å². The van der Waals surface area contributed by atoms with E-state index in [0.29, 0.717) is 6.54 Å². The average molecular weight is 214 g/mol. The SMILES string of the molecule is CCCCN(C)C(=O)C(=O)NC(C)(C)C. The molecule has 1 N–H and O–H groups in total. The van der Waals surface area contributed by atoms with Crippen LogP contribution in [0.5, 0.6) is 0 Å². The largest absolute Gasteiger partial charge is 0.343 e. The number of unbranched alkanes of at least 4 members (excludes halogenated alkanes) is 1. The fraction of sp³-hybridized carbons (Fsp3) is 0.818. The van der Waals surface area contributed by atoms with E-state index < -0.39 is 11.8 Å². The van der Waals surface area contributed by atoms with Crippen LogP contribution in [0, 0.1) is 0 Å². The normalized spacial score (nSPS) is 11.0. The number of hydrogen-bond donors (Lipinski definition) is 1. The topological polar surface area (TPSA) is 49.4 Å². The van der Waals surface area contributed by atoms with Crippen molar-refractivity contribution in [1.29, 1.82) is 0 Å². The summed E-state index contributed by atoms with van der Waals surface area (Å²) < 4.78 is 0. The van der Waals surface area contributed by atoms with Crippen LogP contribution in [0.2, 0.25) is 0 Å². The van der Waals surface area contributed by atoms with Gasteiger partial charge in [-0.2, -0.15) is 0 Å². The summed E-state index contributed by atoms with van der Waals surface area (Å²) in [4.78, 5) is 24.5. The molecule has 0 radical (unpaired) electrons. The van der Waals surface area contributed by atoms with Gasteiger partial charge in [0.1, 0.15) is 0 Å². The lowest BCUT2D eigenvalue weighted by Crippen LogP contribution is -2.48. The molecule has 2 amide bonds. The molecule has 4 nitrogen and oxygen atoms in total. The summed E-state index contributed by atoms with van der Waals surface area (Å²) in [5, 5.41) is 2.65. The van der Waals surface area contributed by atoms with Gasteiger partial charge in [-0.3, -0.25) is 9.59 Å². The summed E-state index contributed by atoms with van der Waals surface area (Å²) in [7, 11) is 1.65. The van der Waals surface area contributed by atoms with Crippen molar-refractivity contribution in [2.45, 2.75) is 46.1 Å². The first kappa shape index (κ1) is 13.9. The third-order valence-corrected chi connectivity index (χ3v) is 1.88. The van der Waals surface area contributed by atoms with Crippen LogP contribution in [0.3, 0.4) is 0 Å². The van der Waals surface area contributed by atoms with Crippen molar-refractivity contribution in [2.24, 2.45) is 0 Å². The fourth-order valence-corrected chi connectivity index (χ4v) is 1.06. The second kappa shape index (κ2) is 5.73. The van der Waals surface area contributed by atoms with Crippen LogP contribution in [-0.4, -0.2) is 35.8 Å². The van der Waals surface area contributed by atoms with Gasteiger partial charge >= 0.3 is 11.8 Å². The molecule has 0 rings (SSSR count). The van der Waals surface area contributed by atoms with Gasteiger partial charge in [-0.05, 0) is 27.2 Å². The molecule has 0 aliphatic rings. The Bertz CT molecular complexity index is 231. The fourth-order valence-electron chi connectivity index (χ4n) is 1.06. The lowest BCUT2D eigenvalue weighted by atomic mass is 10.1. The van der Waals surface area contributed by atoms with E-state index in [1.807, 2.05) is 27.7 Å². The van der Waals surface area contributed by atoms with Crippen LogP contribution in [0.25, 0.3) is 0 Å². The number of nitrogens with one attached hydrogen (secondary N) is 1. The molecule has 0 bridgehead atoms. The summed E-state index contributed by atoms with van der Waals surface area (Å²) in [5.74, 6) is -0.987. The number of hydrogen-bond acceptors (Lipinski definition) is 2. The molecule has 0 aliphatic carbocycles. The predicted octanol–water partition coefficient (Wildman–Crippen LogP) is 1.16. The summed E-state index contributed by atoms with van der Waals surface area (Å²) in [6.07, 6.45) is 1.93. The lowest BCUT2D eigenvalue weighted by molar-refractivity contribution is -0.145. The third kappa shape index (κ3) is 6.10. The first-order chi connectivity index (χ1) is 6.78. The van der Waals surface area contributed by atoms with Crippen molar-refractivity contribution in [3.63, 3.8) is 0 Å². The second-order valence-electron chi connectivity index (χ2n) is 4.78. The molecule has 0 aliphatic heterocycles.